The molecule has 0 aliphatic carbocycles. The normalized spacial score (nSPS) is 10.8. The molecule has 0 aromatic carbocycles. The van der Waals surface area contributed by atoms with Crippen LogP contribution in [0.1, 0.15) is 0 Å². The Kier molecular flexibility index (Phi) is 8.43. The van der Waals surface area contributed by atoms with Gasteiger partial charge in [0.05, 0.1) is 46.2 Å². The molecule has 0 amide bonds. The van der Waals surface area contributed by atoms with Gasteiger partial charge >= 0.3 is 5.95 Å². The average Bonchev–Trinajstić information content (AvgIpc) is 2.89. The van der Waals surface area contributed by atoms with Crippen LogP contribution in [0.15, 0.2) is 12.4 Å². The van der Waals surface area contributed by atoms with Crippen molar-refractivity contribution < 1.29 is 23.5 Å². The number of nitrogens with zero attached hydrogens (tertiary/aromatic N) is 3. The number of rotatable bonds is 12. The molecule has 0 aliphatic heterocycles. The van der Waals surface area contributed by atoms with Gasteiger partial charge in [-0.3, -0.25) is 0 Å². The first-order chi connectivity index (χ1) is 9.75. The number of aromatic nitrogens is 2. The highest BCUT2D eigenvalue weighted by Gasteiger charge is 2.12. The maximum absolute atomic E-state index is 11.7. The lowest BCUT2D eigenvalue weighted by atomic mass is 10.6. The van der Waals surface area contributed by atoms with Gasteiger partial charge < -0.3 is 24.3 Å². The van der Waals surface area contributed by atoms with Gasteiger partial charge in [0.2, 0.25) is 0 Å². The van der Waals surface area contributed by atoms with E-state index in [1.54, 1.807) is 0 Å². The summed E-state index contributed by atoms with van der Waals surface area (Å²) in [6.07, 6.45) is 2.90. The fraction of sp³-hybridized carbons (Fsp3) is 0.727. The first-order valence-electron chi connectivity index (χ1n) is 6.20. The molecule has 0 fully saturated rings. The lowest BCUT2D eigenvalue weighted by Gasteiger charge is -2.06. The van der Waals surface area contributed by atoms with Crippen LogP contribution in [-0.4, -0.2) is 60.8 Å². The number of hydrogen-bond donors (Lipinski definition) is 0. The molecule has 0 unspecified atom stereocenters. The predicted molar refractivity (Wildman–Crippen MR) is 67.3 cm³/mol. The van der Waals surface area contributed by atoms with Crippen LogP contribution in [-0.2, 0) is 20.8 Å². The predicted octanol–water partition coefficient (Wildman–Crippen LogP) is 0.811. The summed E-state index contributed by atoms with van der Waals surface area (Å²) in [6, 6.07) is 0. The molecular weight excluding hydrogens is 273 g/mol. The third-order valence-corrected chi connectivity index (χ3v) is 2.30. The Morgan fingerprint density at radius 3 is 2.35 bits per heavy atom. The van der Waals surface area contributed by atoms with E-state index in [-0.39, 0.29) is 12.6 Å². The Morgan fingerprint density at radius 2 is 1.75 bits per heavy atom. The quantitative estimate of drug-likeness (QED) is 0.322. The minimum absolute atomic E-state index is 0.0869. The van der Waals surface area contributed by atoms with Gasteiger partial charge in [0, 0.05) is 0 Å². The minimum atomic E-state index is -0.541. The monoisotopic (exact) mass is 291 g/mol. The molecule has 20 heavy (non-hydrogen) atoms. The molecule has 9 heteroatoms. The second kappa shape index (κ2) is 10.2. The largest absolute Gasteiger partial charge is 0.434 e. The maximum Gasteiger partial charge on any atom is 0.434 e. The summed E-state index contributed by atoms with van der Waals surface area (Å²) < 4.78 is 28.4. The summed E-state index contributed by atoms with van der Waals surface area (Å²) in [5, 5.41) is 10.6. The lowest BCUT2D eigenvalue weighted by Crippen LogP contribution is -2.13. The summed E-state index contributed by atoms with van der Waals surface area (Å²) >= 11 is 0. The van der Waals surface area contributed by atoms with Gasteiger partial charge in [0.15, 0.2) is 0 Å². The molecule has 0 spiro atoms. The third kappa shape index (κ3) is 6.55. The van der Waals surface area contributed by atoms with E-state index in [4.69, 9.17) is 14.2 Å². The zero-order valence-corrected chi connectivity index (χ0v) is 11.1. The van der Waals surface area contributed by atoms with Crippen LogP contribution in [0.3, 0.4) is 0 Å². The SMILES string of the molecule is O=[N+]([O-])c1nccn1CCOCCOCCOCCF. The van der Waals surface area contributed by atoms with E-state index in [9.17, 15) is 14.5 Å². The zero-order valence-electron chi connectivity index (χ0n) is 11.1. The van der Waals surface area contributed by atoms with E-state index in [2.05, 4.69) is 4.98 Å². The number of nitro groups is 1. The zero-order chi connectivity index (χ0) is 14.6. The number of alkyl halides is 1. The Balaban J connectivity index is 1.97. The van der Waals surface area contributed by atoms with E-state index in [0.29, 0.717) is 39.6 Å². The van der Waals surface area contributed by atoms with Gasteiger partial charge in [-0.1, -0.05) is 4.98 Å². The summed E-state index contributed by atoms with van der Waals surface area (Å²) in [5.74, 6) is -0.199. The molecule has 0 bridgehead atoms. The summed E-state index contributed by atoms with van der Waals surface area (Å²) in [4.78, 5) is 13.7. The molecule has 0 aliphatic rings. The maximum atomic E-state index is 11.7. The highest BCUT2D eigenvalue weighted by molar-refractivity contribution is 5.06. The second-order valence-electron chi connectivity index (χ2n) is 3.70. The summed E-state index contributed by atoms with van der Waals surface area (Å²) in [7, 11) is 0. The standard InChI is InChI=1S/C11H18FN3O5/c12-1-5-18-7-9-20-10-8-19-6-4-14-3-2-13-11(14)15(16)17/h2-3H,1,4-10H2. The smallest absolute Gasteiger partial charge is 0.390 e. The van der Waals surface area contributed by atoms with Gasteiger partial charge in [-0.15, -0.1) is 0 Å². The van der Waals surface area contributed by atoms with Crippen LogP contribution >= 0.6 is 0 Å². The van der Waals surface area contributed by atoms with Crippen LogP contribution in [0.5, 0.6) is 0 Å². The molecule has 0 radical (unpaired) electrons. The highest BCUT2D eigenvalue weighted by Crippen LogP contribution is 2.06. The average molecular weight is 291 g/mol. The van der Waals surface area contributed by atoms with Crippen molar-refractivity contribution in [2.24, 2.45) is 0 Å². The first-order valence-corrected chi connectivity index (χ1v) is 6.20. The Hall–Kier alpha value is -1.58. The van der Waals surface area contributed by atoms with Crippen molar-refractivity contribution in [1.82, 2.24) is 9.55 Å². The minimum Gasteiger partial charge on any atom is -0.390 e. The van der Waals surface area contributed by atoms with Gasteiger partial charge in [-0.05, 0) is 4.92 Å². The van der Waals surface area contributed by atoms with E-state index in [0.717, 1.165) is 0 Å². The molecule has 1 heterocycles. The topological polar surface area (TPSA) is 88.7 Å². The van der Waals surface area contributed by atoms with E-state index in [1.807, 2.05) is 0 Å². The number of imidazole rings is 1. The number of hydrogen-bond acceptors (Lipinski definition) is 6. The van der Waals surface area contributed by atoms with Gasteiger partial charge in [0.1, 0.15) is 19.1 Å². The fourth-order valence-corrected chi connectivity index (χ4v) is 1.41. The van der Waals surface area contributed by atoms with Gasteiger partial charge in [-0.2, -0.15) is 0 Å². The van der Waals surface area contributed by atoms with E-state index in [1.165, 1.54) is 17.0 Å². The Labute approximate surface area is 115 Å². The van der Waals surface area contributed by atoms with Crippen molar-refractivity contribution in [2.45, 2.75) is 6.54 Å². The molecule has 0 saturated carbocycles. The molecule has 1 rings (SSSR count). The summed E-state index contributed by atoms with van der Waals surface area (Å²) in [6.45, 7) is 1.79. The molecule has 8 nitrogen and oxygen atoms in total. The van der Waals surface area contributed by atoms with Crippen LogP contribution < -0.4 is 0 Å². The molecule has 1 aromatic heterocycles. The molecule has 0 saturated heterocycles. The van der Waals surface area contributed by atoms with Gasteiger partial charge in [-0.25, -0.2) is 8.96 Å². The van der Waals surface area contributed by atoms with Crippen LogP contribution in [0.25, 0.3) is 0 Å². The molecule has 1 aromatic rings. The van der Waals surface area contributed by atoms with E-state index >= 15 is 0 Å². The van der Waals surface area contributed by atoms with Crippen molar-refractivity contribution in [3.05, 3.63) is 22.5 Å². The van der Waals surface area contributed by atoms with Crippen molar-refractivity contribution in [3.8, 4) is 0 Å². The van der Waals surface area contributed by atoms with E-state index < -0.39 is 11.6 Å². The van der Waals surface area contributed by atoms with Crippen molar-refractivity contribution in [2.75, 3.05) is 46.3 Å². The van der Waals surface area contributed by atoms with Crippen LogP contribution in [0.2, 0.25) is 0 Å². The highest BCUT2D eigenvalue weighted by atomic mass is 19.1. The third-order valence-electron chi connectivity index (χ3n) is 2.30. The first kappa shape index (κ1) is 16.5. The molecule has 0 atom stereocenters. The van der Waals surface area contributed by atoms with Gasteiger partial charge in [0.25, 0.3) is 0 Å². The molecular formula is C11H18FN3O5. The number of halogens is 1. The van der Waals surface area contributed by atoms with Crippen LogP contribution in [0, 0.1) is 10.1 Å². The lowest BCUT2D eigenvalue weighted by molar-refractivity contribution is -0.396. The Morgan fingerprint density at radius 1 is 1.15 bits per heavy atom. The van der Waals surface area contributed by atoms with Crippen molar-refractivity contribution >= 4 is 5.95 Å². The fourth-order valence-electron chi connectivity index (χ4n) is 1.41. The van der Waals surface area contributed by atoms with Crippen molar-refractivity contribution in [3.63, 3.8) is 0 Å². The molecule has 0 N–H and O–H groups in total. The Bertz CT molecular complexity index is 388. The van der Waals surface area contributed by atoms with Crippen molar-refractivity contribution in [1.29, 1.82) is 0 Å². The second-order valence-corrected chi connectivity index (χ2v) is 3.70. The molecule has 114 valence electrons. The van der Waals surface area contributed by atoms with Crippen LogP contribution in [0.4, 0.5) is 10.3 Å². The number of ether oxygens (including phenoxy) is 3. The summed E-state index contributed by atoms with van der Waals surface area (Å²) in [5.41, 5.74) is 0.